The third-order valence-electron chi connectivity index (χ3n) is 3.78. The van der Waals surface area contributed by atoms with E-state index in [9.17, 15) is 0 Å². The molecule has 0 aliphatic rings. The fourth-order valence-corrected chi connectivity index (χ4v) is 2.42. The number of hydrogen-bond acceptors (Lipinski definition) is 2. The van der Waals surface area contributed by atoms with Crippen LogP contribution in [0.3, 0.4) is 0 Å². The number of ether oxygens (including phenoxy) is 1. The SMILES string of the molecule is CCCOc1ccccc1CNC(C)CCc1ccccc1. The number of benzene rings is 2. The highest BCUT2D eigenvalue weighted by Gasteiger charge is 2.06. The van der Waals surface area contributed by atoms with Crippen molar-refractivity contribution in [2.24, 2.45) is 0 Å². The number of rotatable bonds is 9. The lowest BCUT2D eigenvalue weighted by Gasteiger charge is -2.16. The minimum absolute atomic E-state index is 0.486. The van der Waals surface area contributed by atoms with E-state index in [0.717, 1.165) is 38.2 Å². The molecule has 0 amide bonds. The van der Waals surface area contributed by atoms with Crippen molar-refractivity contribution in [3.05, 3.63) is 65.7 Å². The van der Waals surface area contributed by atoms with Gasteiger partial charge in [-0.3, -0.25) is 0 Å². The van der Waals surface area contributed by atoms with E-state index in [2.05, 4.69) is 67.7 Å². The van der Waals surface area contributed by atoms with Crippen LogP contribution in [0, 0.1) is 0 Å². The quantitative estimate of drug-likeness (QED) is 0.731. The lowest BCUT2D eigenvalue weighted by molar-refractivity contribution is 0.312. The Hall–Kier alpha value is -1.80. The van der Waals surface area contributed by atoms with Gasteiger partial charge in [0, 0.05) is 18.2 Å². The molecule has 2 aromatic carbocycles. The molecule has 2 nitrogen and oxygen atoms in total. The van der Waals surface area contributed by atoms with Crippen molar-refractivity contribution in [3.63, 3.8) is 0 Å². The number of hydrogen-bond donors (Lipinski definition) is 1. The maximum Gasteiger partial charge on any atom is 0.123 e. The van der Waals surface area contributed by atoms with E-state index in [0.29, 0.717) is 6.04 Å². The number of aryl methyl sites for hydroxylation is 1. The molecule has 1 N–H and O–H groups in total. The molecule has 0 fully saturated rings. The standard InChI is InChI=1S/C20H27NO/c1-3-15-22-20-12-8-7-11-19(20)16-21-17(2)13-14-18-9-5-4-6-10-18/h4-12,17,21H,3,13-16H2,1-2H3. The van der Waals surface area contributed by atoms with E-state index in [-0.39, 0.29) is 0 Å². The van der Waals surface area contributed by atoms with Crippen molar-refractivity contribution in [2.45, 2.75) is 45.7 Å². The van der Waals surface area contributed by atoms with Crippen LogP contribution in [0.1, 0.15) is 37.8 Å². The number of para-hydroxylation sites is 1. The van der Waals surface area contributed by atoms with Crippen LogP contribution in [-0.2, 0) is 13.0 Å². The maximum atomic E-state index is 5.81. The second-order valence-electron chi connectivity index (χ2n) is 5.76. The highest BCUT2D eigenvalue weighted by molar-refractivity contribution is 5.33. The molecule has 118 valence electrons. The fourth-order valence-electron chi connectivity index (χ4n) is 2.42. The van der Waals surface area contributed by atoms with Gasteiger partial charge in [-0.05, 0) is 37.8 Å². The van der Waals surface area contributed by atoms with Gasteiger partial charge in [0.25, 0.3) is 0 Å². The molecule has 0 aliphatic heterocycles. The topological polar surface area (TPSA) is 21.3 Å². The van der Waals surface area contributed by atoms with Crippen molar-refractivity contribution < 1.29 is 4.74 Å². The second kappa shape index (κ2) is 9.26. The number of nitrogens with one attached hydrogen (secondary N) is 1. The first kappa shape index (κ1) is 16.6. The molecule has 0 radical (unpaired) electrons. The van der Waals surface area contributed by atoms with E-state index in [4.69, 9.17) is 4.74 Å². The van der Waals surface area contributed by atoms with Crippen LogP contribution in [0.5, 0.6) is 5.75 Å². The molecule has 0 spiro atoms. The predicted octanol–water partition coefficient (Wildman–Crippen LogP) is 4.59. The molecule has 1 atom stereocenters. The zero-order valence-corrected chi connectivity index (χ0v) is 13.7. The summed E-state index contributed by atoms with van der Waals surface area (Å²) in [5, 5.41) is 3.61. The lowest BCUT2D eigenvalue weighted by Crippen LogP contribution is -2.26. The molecule has 0 saturated carbocycles. The molecule has 0 saturated heterocycles. The van der Waals surface area contributed by atoms with Gasteiger partial charge in [-0.2, -0.15) is 0 Å². The average molecular weight is 297 g/mol. The van der Waals surface area contributed by atoms with E-state index >= 15 is 0 Å². The summed E-state index contributed by atoms with van der Waals surface area (Å²) in [6, 6.07) is 19.5. The Labute approximate surface area is 134 Å². The van der Waals surface area contributed by atoms with Crippen molar-refractivity contribution in [1.82, 2.24) is 5.32 Å². The average Bonchev–Trinajstić information content (AvgIpc) is 2.58. The Morgan fingerprint density at radius 1 is 1.00 bits per heavy atom. The highest BCUT2D eigenvalue weighted by Crippen LogP contribution is 2.18. The minimum Gasteiger partial charge on any atom is -0.493 e. The summed E-state index contributed by atoms with van der Waals surface area (Å²) in [5.41, 5.74) is 2.64. The molecular weight excluding hydrogens is 270 g/mol. The van der Waals surface area contributed by atoms with Crippen molar-refractivity contribution >= 4 is 0 Å². The molecule has 0 heterocycles. The van der Waals surface area contributed by atoms with Gasteiger partial charge >= 0.3 is 0 Å². The Bertz CT molecular complexity index is 538. The molecule has 22 heavy (non-hydrogen) atoms. The third kappa shape index (κ3) is 5.53. The summed E-state index contributed by atoms with van der Waals surface area (Å²) in [6.07, 6.45) is 3.29. The zero-order chi connectivity index (χ0) is 15.6. The summed E-state index contributed by atoms with van der Waals surface area (Å²) in [7, 11) is 0. The largest absolute Gasteiger partial charge is 0.493 e. The first-order valence-electron chi connectivity index (χ1n) is 8.27. The Morgan fingerprint density at radius 3 is 2.50 bits per heavy atom. The van der Waals surface area contributed by atoms with Gasteiger partial charge < -0.3 is 10.1 Å². The van der Waals surface area contributed by atoms with E-state index in [1.54, 1.807) is 0 Å². The fraction of sp³-hybridized carbons (Fsp3) is 0.400. The van der Waals surface area contributed by atoms with Crippen LogP contribution < -0.4 is 10.1 Å². The Morgan fingerprint density at radius 2 is 1.73 bits per heavy atom. The van der Waals surface area contributed by atoms with Gasteiger partial charge in [-0.15, -0.1) is 0 Å². The molecule has 2 heteroatoms. The first-order chi connectivity index (χ1) is 10.8. The van der Waals surface area contributed by atoms with Crippen LogP contribution >= 0.6 is 0 Å². The molecule has 1 unspecified atom stereocenters. The van der Waals surface area contributed by atoms with Crippen molar-refractivity contribution in [3.8, 4) is 5.75 Å². The van der Waals surface area contributed by atoms with Crippen molar-refractivity contribution in [2.75, 3.05) is 6.61 Å². The summed E-state index contributed by atoms with van der Waals surface area (Å²) >= 11 is 0. The third-order valence-corrected chi connectivity index (χ3v) is 3.78. The van der Waals surface area contributed by atoms with Gasteiger partial charge in [-0.1, -0.05) is 55.5 Å². The van der Waals surface area contributed by atoms with E-state index < -0.39 is 0 Å². The smallest absolute Gasteiger partial charge is 0.123 e. The lowest BCUT2D eigenvalue weighted by atomic mass is 10.1. The van der Waals surface area contributed by atoms with E-state index in [1.807, 2.05) is 6.07 Å². The molecule has 0 aliphatic carbocycles. The minimum atomic E-state index is 0.486. The summed E-state index contributed by atoms with van der Waals surface area (Å²) < 4.78 is 5.81. The van der Waals surface area contributed by atoms with Gasteiger partial charge in [0.15, 0.2) is 0 Å². The van der Waals surface area contributed by atoms with Crippen molar-refractivity contribution in [1.29, 1.82) is 0 Å². The maximum absolute atomic E-state index is 5.81. The van der Waals surface area contributed by atoms with Gasteiger partial charge in [0.2, 0.25) is 0 Å². The normalized spacial score (nSPS) is 12.1. The van der Waals surface area contributed by atoms with Crippen LogP contribution in [0.4, 0.5) is 0 Å². The highest BCUT2D eigenvalue weighted by atomic mass is 16.5. The molecule has 0 bridgehead atoms. The Kier molecular flexibility index (Phi) is 6.98. The Balaban J connectivity index is 1.79. The second-order valence-corrected chi connectivity index (χ2v) is 5.76. The molecule has 0 aromatic heterocycles. The van der Waals surface area contributed by atoms with Crippen LogP contribution in [0.2, 0.25) is 0 Å². The summed E-state index contributed by atoms with van der Waals surface area (Å²) in [4.78, 5) is 0. The van der Waals surface area contributed by atoms with Crippen LogP contribution in [-0.4, -0.2) is 12.6 Å². The summed E-state index contributed by atoms with van der Waals surface area (Å²) in [5.74, 6) is 1.01. The van der Waals surface area contributed by atoms with Gasteiger partial charge in [-0.25, -0.2) is 0 Å². The molecule has 2 aromatic rings. The summed E-state index contributed by atoms with van der Waals surface area (Å²) in [6.45, 7) is 6.02. The van der Waals surface area contributed by atoms with Crippen LogP contribution in [0.15, 0.2) is 54.6 Å². The first-order valence-corrected chi connectivity index (χ1v) is 8.27. The molecule has 2 rings (SSSR count). The van der Waals surface area contributed by atoms with Crippen LogP contribution in [0.25, 0.3) is 0 Å². The van der Waals surface area contributed by atoms with E-state index in [1.165, 1.54) is 11.1 Å². The molecular formula is C20H27NO. The monoisotopic (exact) mass is 297 g/mol. The predicted molar refractivity (Wildman–Crippen MR) is 93.3 cm³/mol. The van der Waals surface area contributed by atoms with Gasteiger partial charge in [0.05, 0.1) is 6.61 Å². The van der Waals surface area contributed by atoms with Gasteiger partial charge in [0.1, 0.15) is 5.75 Å². The zero-order valence-electron chi connectivity index (χ0n) is 13.7.